The van der Waals surface area contributed by atoms with Gasteiger partial charge in [0.05, 0.1) is 6.54 Å². The average Bonchev–Trinajstić information content (AvgIpc) is 2.78. The zero-order chi connectivity index (χ0) is 12.3. The molecule has 0 radical (unpaired) electrons. The van der Waals surface area contributed by atoms with E-state index >= 15 is 0 Å². The van der Waals surface area contributed by atoms with Crippen LogP contribution < -0.4 is 5.32 Å². The maximum Gasteiger partial charge on any atom is 0.433 e. The summed E-state index contributed by atoms with van der Waals surface area (Å²) in [5.74, 6) is 0.537. The smallest absolute Gasteiger partial charge is 0.378 e. The summed E-state index contributed by atoms with van der Waals surface area (Å²) in [5.41, 5.74) is -0.608. The van der Waals surface area contributed by atoms with E-state index in [2.05, 4.69) is 25.5 Å². The van der Waals surface area contributed by atoms with E-state index in [0.29, 0.717) is 11.5 Å². The van der Waals surface area contributed by atoms with Crippen LogP contribution in [0.1, 0.15) is 11.5 Å². The standard InChI is InChI=1S/C9H8F3N5/c10-9(11,12)7-3-6(1-2-13-7)14-4-8-15-5-16-17-8/h1-3,5H,4H2,(H,13,14)(H,15,16,17). The van der Waals surface area contributed by atoms with E-state index in [0.717, 1.165) is 12.3 Å². The molecule has 2 N–H and O–H groups in total. The van der Waals surface area contributed by atoms with Gasteiger partial charge < -0.3 is 5.32 Å². The van der Waals surface area contributed by atoms with Crippen molar-refractivity contribution in [3.63, 3.8) is 0 Å². The van der Waals surface area contributed by atoms with Crippen molar-refractivity contribution in [2.24, 2.45) is 0 Å². The van der Waals surface area contributed by atoms with Crippen molar-refractivity contribution in [3.8, 4) is 0 Å². The third-order valence-corrected chi connectivity index (χ3v) is 1.98. The molecule has 0 aliphatic heterocycles. The molecular formula is C9H8F3N5. The van der Waals surface area contributed by atoms with Crippen LogP contribution in [0.25, 0.3) is 0 Å². The van der Waals surface area contributed by atoms with Crippen LogP contribution in [0.2, 0.25) is 0 Å². The van der Waals surface area contributed by atoms with Gasteiger partial charge in [0.15, 0.2) is 0 Å². The summed E-state index contributed by atoms with van der Waals surface area (Å²) in [7, 11) is 0. The Morgan fingerprint density at radius 3 is 2.76 bits per heavy atom. The summed E-state index contributed by atoms with van der Waals surface area (Å²) in [5, 5.41) is 9.00. The zero-order valence-corrected chi connectivity index (χ0v) is 8.49. The Kier molecular flexibility index (Phi) is 2.94. The number of alkyl halides is 3. The van der Waals surface area contributed by atoms with Crippen LogP contribution in [0.15, 0.2) is 24.7 Å². The Morgan fingerprint density at radius 2 is 2.12 bits per heavy atom. The molecule has 0 amide bonds. The summed E-state index contributed by atoms with van der Waals surface area (Å²) in [4.78, 5) is 7.09. The highest BCUT2D eigenvalue weighted by molar-refractivity contribution is 5.43. The molecule has 17 heavy (non-hydrogen) atoms. The van der Waals surface area contributed by atoms with Gasteiger partial charge in [0.2, 0.25) is 0 Å². The summed E-state index contributed by atoms with van der Waals surface area (Å²) < 4.78 is 37.1. The fraction of sp³-hybridized carbons (Fsp3) is 0.222. The molecule has 2 aromatic heterocycles. The lowest BCUT2D eigenvalue weighted by Crippen LogP contribution is -2.09. The van der Waals surface area contributed by atoms with Crippen LogP contribution in [0.5, 0.6) is 0 Å². The maximum absolute atomic E-state index is 12.4. The Labute approximate surface area is 94.1 Å². The predicted molar refractivity (Wildman–Crippen MR) is 52.9 cm³/mol. The first-order valence-electron chi connectivity index (χ1n) is 4.67. The number of hydrogen-bond acceptors (Lipinski definition) is 4. The number of aromatic nitrogens is 4. The van der Waals surface area contributed by atoms with Crippen molar-refractivity contribution < 1.29 is 13.2 Å². The molecule has 8 heteroatoms. The monoisotopic (exact) mass is 243 g/mol. The van der Waals surface area contributed by atoms with Gasteiger partial charge in [-0.05, 0) is 12.1 Å². The molecule has 2 aromatic rings. The van der Waals surface area contributed by atoms with Crippen LogP contribution in [-0.2, 0) is 12.7 Å². The number of rotatable bonds is 3. The molecule has 0 bridgehead atoms. The quantitative estimate of drug-likeness (QED) is 0.863. The van der Waals surface area contributed by atoms with E-state index in [1.807, 2.05) is 0 Å². The van der Waals surface area contributed by atoms with Crippen molar-refractivity contribution in [2.75, 3.05) is 5.32 Å². The van der Waals surface area contributed by atoms with Gasteiger partial charge in [-0.3, -0.25) is 10.1 Å². The molecule has 5 nitrogen and oxygen atoms in total. The topological polar surface area (TPSA) is 66.5 Å². The third kappa shape index (κ3) is 2.92. The average molecular weight is 243 g/mol. The van der Waals surface area contributed by atoms with E-state index < -0.39 is 11.9 Å². The second kappa shape index (κ2) is 4.40. The van der Waals surface area contributed by atoms with Crippen LogP contribution in [0, 0.1) is 0 Å². The first kappa shape index (κ1) is 11.4. The number of nitrogens with zero attached hydrogens (tertiary/aromatic N) is 3. The van der Waals surface area contributed by atoms with Crippen LogP contribution >= 0.6 is 0 Å². The highest BCUT2D eigenvalue weighted by Gasteiger charge is 2.32. The highest BCUT2D eigenvalue weighted by atomic mass is 19.4. The van der Waals surface area contributed by atoms with Crippen LogP contribution in [-0.4, -0.2) is 20.2 Å². The Balaban J connectivity index is 2.07. The number of pyridine rings is 1. The van der Waals surface area contributed by atoms with Crippen molar-refractivity contribution in [2.45, 2.75) is 12.7 Å². The van der Waals surface area contributed by atoms with Crippen LogP contribution in [0.3, 0.4) is 0 Å². The predicted octanol–water partition coefficient (Wildman–Crippen LogP) is 1.83. The van der Waals surface area contributed by atoms with Gasteiger partial charge in [0.1, 0.15) is 17.8 Å². The SMILES string of the molecule is FC(F)(F)c1cc(NCc2ncn[nH]2)ccn1. The molecule has 0 spiro atoms. The van der Waals surface area contributed by atoms with Gasteiger partial charge in [0.25, 0.3) is 0 Å². The van der Waals surface area contributed by atoms with Gasteiger partial charge in [-0.2, -0.15) is 18.3 Å². The molecule has 0 atom stereocenters. The number of nitrogens with one attached hydrogen (secondary N) is 2. The van der Waals surface area contributed by atoms with Gasteiger partial charge in [0, 0.05) is 11.9 Å². The van der Waals surface area contributed by atoms with E-state index in [9.17, 15) is 13.2 Å². The second-order valence-corrected chi connectivity index (χ2v) is 3.21. The number of aromatic amines is 1. The molecule has 0 aromatic carbocycles. The fourth-order valence-corrected chi connectivity index (χ4v) is 1.20. The minimum atomic E-state index is -4.44. The van der Waals surface area contributed by atoms with Crippen molar-refractivity contribution in [3.05, 3.63) is 36.2 Å². The zero-order valence-electron chi connectivity index (χ0n) is 8.49. The molecule has 90 valence electrons. The van der Waals surface area contributed by atoms with Crippen molar-refractivity contribution >= 4 is 5.69 Å². The summed E-state index contributed by atoms with van der Waals surface area (Å²) in [6.45, 7) is 0.265. The molecule has 0 unspecified atom stereocenters. The molecule has 2 heterocycles. The molecule has 0 saturated carbocycles. The van der Waals surface area contributed by atoms with Crippen molar-refractivity contribution in [1.29, 1.82) is 0 Å². The molecular weight excluding hydrogens is 235 g/mol. The molecule has 0 fully saturated rings. The number of hydrogen-bond donors (Lipinski definition) is 2. The highest BCUT2D eigenvalue weighted by Crippen LogP contribution is 2.28. The van der Waals surface area contributed by atoms with Crippen LogP contribution in [0.4, 0.5) is 18.9 Å². The lowest BCUT2D eigenvalue weighted by atomic mass is 10.3. The number of H-pyrrole nitrogens is 1. The van der Waals surface area contributed by atoms with E-state index in [4.69, 9.17) is 0 Å². The minimum absolute atomic E-state index is 0.265. The third-order valence-electron chi connectivity index (χ3n) is 1.98. The lowest BCUT2D eigenvalue weighted by molar-refractivity contribution is -0.141. The van der Waals surface area contributed by atoms with Gasteiger partial charge in [-0.25, -0.2) is 4.98 Å². The van der Waals surface area contributed by atoms with E-state index in [1.165, 1.54) is 12.4 Å². The van der Waals surface area contributed by atoms with E-state index in [1.54, 1.807) is 0 Å². The van der Waals surface area contributed by atoms with Crippen molar-refractivity contribution in [1.82, 2.24) is 20.2 Å². The Morgan fingerprint density at radius 1 is 1.29 bits per heavy atom. The largest absolute Gasteiger partial charge is 0.433 e. The maximum atomic E-state index is 12.4. The molecule has 0 aliphatic rings. The van der Waals surface area contributed by atoms with Gasteiger partial charge >= 0.3 is 6.18 Å². The number of halogens is 3. The first-order valence-corrected chi connectivity index (χ1v) is 4.67. The Hall–Kier alpha value is -2.12. The Bertz CT molecular complexity index is 480. The summed E-state index contributed by atoms with van der Waals surface area (Å²) >= 11 is 0. The number of anilines is 1. The minimum Gasteiger partial charge on any atom is -0.378 e. The summed E-state index contributed by atoms with van der Waals surface area (Å²) in [6.07, 6.45) is -2.01. The normalized spacial score (nSPS) is 11.5. The van der Waals surface area contributed by atoms with Gasteiger partial charge in [-0.1, -0.05) is 0 Å². The van der Waals surface area contributed by atoms with Gasteiger partial charge in [-0.15, -0.1) is 0 Å². The van der Waals surface area contributed by atoms with E-state index in [-0.39, 0.29) is 6.54 Å². The fourth-order valence-electron chi connectivity index (χ4n) is 1.20. The first-order chi connectivity index (χ1) is 8.05. The molecule has 2 rings (SSSR count). The lowest BCUT2D eigenvalue weighted by Gasteiger charge is -2.08. The second-order valence-electron chi connectivity index (χ2n) is 3.21. The molecule has 0 saturated heterocycles. The summed E-state index contributed by atoms with van der Waals surface area (Å²) in [6, 6.07) is 2.39. The molecule has 0 aliphatic carbocycles.